The van der Waals surface area contributed by atoms with E-state index in [2.05, 4.69) is 15.1 Å². The minimum absolute atomic E-state index is 0.134. The molecule has 2 unspecified atom stereocenters. The molecule has 3 aliphatic heterocycles. The molecule has 0 saturated carbocycles. The Bertz CT molecular complexity index is 668. The van der Waals surface area contributed by atoms with Gasteiger partial charge in [-0.1, -0.05) is 0 Å². The van der Waals surface area contributed by atoms with Gasteiger partial charge in [-0.3, -0.25) is 14.7 Å². The van der Waals surface area contributed by atoms with Crippen LogP contribution in [0.2, 0.25) is 0 Å². The molecule has 1 aromatic rings. The largest absolute Gasteiger partial charge is 0.341 e. The molecule has 1 aliphatic carbocycles. The molecule has 25 heavy (non-hydrogen) atoms. The molecule has 2 atom stereocenters. The summed E-state index contributed by atoms with van der Waals surface area (Å²) in [6.07, 6.45) is 8.06. The summed E-state index contributed by atoms with van der Waals surface area (Å²) in [4.78, 5) is 28.6. The Morgan fingerprint density at radius 1 is 1.16 bits per heavy atom. The predicted molar refractivity (Wildman–Crippen MR) is 94.0 cm³/mol. The van der Waals surface area contributed by atoms with Gasteiger partial charge in [0.2, 0.25) is 11.8 Å². The number of H-pyrrole nitrogens is 1. The van der Waals surface area contributed by atoms with Crippen LogP contribution in [0.15, 0.2) is 0 Å². The first-order valence-corrected chi connectivity index (χ1v) is 9.72. The number of piperidine rings is 1. The number of aromatic nitrogens is 2. The van der Waals surface area contributed by atoms with Crippen LogP contribution in [0.4, 0.5) is 0 Å². The van der Waals surface area contributed by atoms with E-state index >= 15 is 0 Å². The van der Waals surface area contributed by atoms with Gasteiger partial charge in [-0.15, -0.1) is 0 Å². The lowest BCUT2D eigenvalue weighted by molar-refractivity contribution is -0.136. The molecule has 136 valence electrons. The SMILES string of the molecule is CC(=O)N1CC2CCC(C1)N(C(=O)CCc1n[nH]c3c1CCCC3)C2. The number of carbonyl (C=O) groups is 2. The molecule has 6 nitrogen and oxygen atoms in total. The van der Waals surface area contributed by atoms with E-state index in [1.807, 2.05) is 4.90 Å². The van der Waals surface area contributed by atoms with Gasteiger partial charge in [0.05, 0.1) is 5.69 Å². The van der Waals surface area contributed by atoms with Gasteiger partial charge in [-0.2, -0.15) is 5.10 Å². The summed E-state index contributed by atoms with van der Waals surface area (Å²) in [5.74, 6) is 0.798. The number of fused-ring (bicyclic) bond motifs is 5. The Morgan fingerprint density at radius 3 is 2.84 bits per heavy atom. The van der Waals surface area contributed by atoms with Crippen LogP contribution in [-0.2, 0) is 28.9 Å². The van der Waals surface area contributed by atoms with Gasteiger partial charge in [0.1, 0.15) is 0 Å². The van der Waals surface area contributed by atoms with Crippen molar-refractivity contribution in [2.45, 2.75) is 64.3 Å². The van der Waals surface area contributed by atoms with E-state index in [9.17, 15) is 9.59 Å². The molecule has 2 bridgehead atoms. The summed E-state index contributed by atoms with van der Waals surface area (Å²) < 4.78 is 0. The number of nitrogens with zero attached hydrogens (tertiary/aromatic N) is 3. The monoisotopic (exact) mass is 344 g/mol. The molecule has 6 heteroatoms. The highest BCUT2D eigenvalue weighted by molar-refractivity contribution is 5.78. The van der Waals surface area contributed by atoms with Crippen LogP contribution in [-0.4, -0.2) is 57.5 Å². The summed E-state index contributed by atoms with van der Waals surface area (Å²) in [6, 6.07) is 0.197. The highest BCUT2D eigenvalue weighted by Crippen LogP contribution is 2.29. The summed E-state index contributed by atoms with van der Waals surface area (Å²) in [7, 11) is 0. The standard InChI is InChI=1S/C19H28N4O2/c1-13(24)22-10-14-6-7-15(12-22)23(11-14)19(25)9-8-18-16-4-2-3-5-17(16)20-21-18/h14-15H,2-12H2,1H3,(H,20,21). The fourth-order valence-electron chi connectivity index (χ4n) is 4.77. The maximum absolute atomic E-state index is 12.9. The van der Waals surface area contributed by atoms with Crippen LogP contribution < -0.4 is 0 Å². The number of nitrogens with one attached hydrogen (secondary N) is 1. The van der Waals surface area contributed by atoms with E-state index in [-0.39, 0.29) is 17.9 Å². The number of aromatic amines is 1. The van der Waals surface area contributed by atoms with E-state index in [1.165, 1.54) is 24.1 Å². The quantitative estimate of drug-likeness (QED) is 0.907. The first-order valence-electron chi connectivity index (χ1n) is 9.72. The topological polar surface area (TPSA) is 69.3 Å². The Kier molecular flexibility index (Phi) is 4.52. The van der Waals surface area contributed by atoms with Gasteiger partial charge in [0.25, 0.3) is 0 Å². The molecule has 0 aromatic carbocycles. The number of carbonyl (C=O) groups excluding carboxylic acids is 2. The highest BCUT2D eigenvalue weighted by Gasteiger charge is 2.37. The fraction of sp³-hybridized carbons (Fsp3) is 0.737. The smallest absolute Gasteiger partial charge is 0.223 e. The average molecular weight is 344 g/mol. The van der Waals surface area contributed by atoms with Crippen molar-refractivity contribution in [3.8, 4) is 0 Å². The Labute approximate surface area is 148 Å². The number of aryl methyl sites for hydroxylation is 2. The van der Waals surface area contributed by atoms with Gasteiger partial charge in [0, 0.05) is 51.1 Å². The summed E-state index contributed by atoms with van der Waals surface area (Å²) >= 11 is 0. The second-order valence-corrected chi connectivity index (χ2v) is 7.90. The highest BCUT2D eigenvalue weighted by atomic mass is 16.2. The zero-order valence-electron chi connectivity index (χ0n) is 15.1. The van der Waals surface area contributed by atoms with Crippen LogP contribution in [0.3, 0.4) is 0 Å². The van der Waals surface area contributed by atoms with Crippen LogP contribution in [0.25, 0.3) is 0 Å². The van der Waals surface area contributed by atoms with Crippen molar-refractivity contribution >= 4 is 11.8 Å². The van der Waals surface area contributed by atoms with Crippen molar-refractivity contribution in [2.24, 2.45) is 5.92 Å². The van der Waals surface area contributed by atoms with Crippen molar-refractivity contribution in [3.63, 3.8) is 0 Å². The predicted octanol–water partition coefficient (Wildman–Crippen LogP) is 1.69. The molecular formula is C19H28N4O2. The lowest BCUT2D eigenvalue weighted by atomic mass is 9.93. The second kappa shape index (κ2) is 6.81. The van der Waals surface area contributed by atoms with Crippen LogP contribution in [0.5, 0.6) is 0 Å². The molecule has 5 rings (SSSR count). The Hall–Kier alpha value is -1.85. The third kappa shape index (κ3) is 3.31. The van der Waals surface area contributed by atoms with E-state index in [4.69, 9.17) is 0 Å². The minimum atomic E-state index is 0.134. The average Bonchev–Trinajstić information content (AvgIpc) is 2.79. The molecule has 4 heterocycles. The van der Waals surface area contributed by atoms with Crippen molar-refractivity contribution in [1.29, 1.82) is 0 Å². The fourth-order valence-corrected chi connectivity index (χ4v) is 4.77. The summed E-state index contributed by atoms with van der Waals surface area (Å²) in [6.45, 7) is 3.96. The van der Waals surface area contributed by atoms with E-state index < -0.39 is 0 Å². The normalized spacial score (nSPS) is 25.6. The third-order valence-electron chi connectivity index (χ3n) is 6.20. The molecule has 1 aromatic heterocycles. The Balaban J connectivity index is 1.40. The molecular weight excluding hydrogens is 316 g/mol. The number of rotatable bonds is 3. The first-order chi connectivity index (χ1) is 12.1. The van der Waals surface area contributed by atoms with Gasteiger partial charge >= 0.3 is 0 Å². The van der Waals surface area contributed by atoms with Gasteiger partial charge in [-0.25, -0.2) is 0 Å². The lowest BCUT2D eigenvalue weighted by Gasteiger charge is -2.36. The summed E-state index contributed by atoms with van der Waals surface area (Å²) in [5.41, 5.74) is 3.73. The van der Waals surface area contributed by atoms with Crippen molar-refractivity contribution in [1.82, 2.24) is 20.0 Å². The number of amides is 2. The van der Waals surface area contributed by atoms with E-state index in [0.717, 1.165) is 50.9 Å². The van der Waals surface area contributed by atoms with Gasteiger partial charge < -0.3 is 9.80 Å². The molecule has 3 saturated heterocycles. The van der Waals surface area contributed by atoms with Crippen LogP contribution in [0.1, 0.15) is 56.0 Å². The van der Waals surface area contributed by atoms with E-state index in [0.29, 0.717) is 18.9 Å². The van der Waals surface area contributed by atoms with Gasteiger partial charge in [0.15, 0.2) is 0 Å². The Morgan fingerprint density at radius 2 is 2.00 bits per heavy atom. The first kappa shape index (κ1) is 16.6. The summed E-state index contributed by atoms with van der Waals surface area (Å²) in [5, 5.41) is 7.63. The zero-order valence-corrected chi connectivity index (χ0v) is 15.1. The lowest BCUT2D eigenvalue weighted by Crippen LogP contribution is -2.47. The number of hydrogen-bond acceptors (Lipinski definition) is 3. The minimum Gasteiger partial charge on any atom is -0.341 e. The van der Waals surface area contributed by atoms with Gasteiger partial charge in [-0.05, 0) is 50.0 Å². The van der Waals surface area contributed by atoms with Crippen molar-refractivity contribution in [3.05, 3.63) is 17.0 Å². The van der Waals surface area contributed by atoms with Crippen molar-refractivity contribution in [2.75, 3.05) is 19.6 Å². The molecule has 0 radical (unpaired) electrons. The number of hydrogen-bond donors (Lipinski definition) is 1. The molecule has 1 N–H and O–H groups in total. The zero-order chi connectivity index (χ0) is 17.4. The van der Waals surface area contributed by atoms with Crippen LogP contribution >= 0.6 is 0 Å². The molecule has 2 amide bonds. The second-order valence-electron chi connectivity index (χ2n) is 7.90. The van der Waals surface area contributed by atoms with Crippen molar-refractivity contribution < 1.29 is 9.59 Å². The molecule has 3 fully saturated rings. The maximum atomic E-state index is 12.9. The molecule has 0 spiro atoms. The third-order valence-corrected chi connectivity index (χ3v) is 6.20. The molecule has 4 aliphatic rings. The van der Waals surface area contributed by atoms with Crippen LogP contribution in [0, 0.1) is 5.92 Å². The van der Waals surface area contributed by atoms with E-state index in [1.54, 1.807) is 6.92 Å². The maximum Gasteiger partial charge on any atom is 0.223 e.